The van der Waals surface area contributed by atoms with Crippen molar-refractivity contribution in [2.24, 2.45) is 12.1 Å². The second-order valence-electron chi connectivity index (χ2n) is 7.61. The number of methoxy groups -OCH3 is 1. The highest BCUT2D eigenvalue weighted by Crippen LogP contribution is 2.19. The standard InChI is InChI=1S/C23H24N6O6/c1-28-20-19(21(32)26-23(28)33)29(12-15(30)13-35-17-9-7-16(34-2)8-10-17)22(25-20)27-24-11-14-5-3-4-6-18(14)31/h3-11,15,30-31H,12-13H2,1-2H3,(H,25,27)(H,26,32,33)/b24-11+/t15-/m0/s1. The van der Waals surface area contributed by atoms with Crippen LogP contribution in [0.4, 0.5) is 5.95 Å². The van der Waals surface area contributed by atoms with E-state index in [1.54, 1.807) is 49.6 Å². The van der Waals surface area contributed by atoms with Crippen molar-refractivity contribution in [1.29, 1.82) is 0 Å². The van der Waals surface area contributed by atoms with Gasteiger partial charge in [0.1, 0.15) is 30.0 Å². The zero-order chi connectivity index (χ0) is 24.9. The fourth-order valence-corrected chi connectivity index (χ4v) is 3.38. The maximum absolute atomic E-state index is 12.6. The number of rotatable bonds is 9. The first-order valence-electron chi connectivity index (χ1n) is 10.6. The Kier molecular flexibility index (Phi) is 6.83. The highest BCUT2D eigenvalue weighted by Gasteiger charge is 2.20. The molecule has 0 spiro atoms. The third kappa shape index (κ3) is 5.17. The van der Waals surface area contributed by atoms with Crippen LogP contribution in [0.5, 0.6) is 17.2 Å². The minimum Gasteiger partial charge on any atom is -0.507 e. The molecule has 1 atom stereocenters. The normalized spacial score (nSPS) is 12.2. The number of nitrogens with one attached hydrogen (secondary N) is 2. The molecule has 2 aromatic carbocycles. The number of phenols is 1. The number of hydrogen-bond acceptors (Lipinski definition) is 9. The lowest BCUT2D eigenvalue weighted by Crippen LogP contribution is -2.30. The maximum Gasteiger partial charge on any atom is 0.329 e. The quantitative estimate of drug-likeness (QED) is 0.204. The fraction of sp³-hybridized carbons (Fsp3) is 0.217. The van der Waals surface area contributed by atoms with Crippen LogP contribution in [0.2, 0.25) is 0 Å². The minimum atomic E-state index is -1.03. The second-order valence-corrected chi connectivity index (χ2v) is 7.61. The summed E-state index contributed by atoms with van der Waals surface area (Å²) in [5, 5.41) is 24.6. The highest BCUT2D eigenvalue weighted by molar-refractivity contribution is 5.83. The van der Waals surface area contributed by atoms with E-state index in [-0.39, 0.29) is 36.0 Å². The number of nitrogens with zero attached hydrogens (tertiary/aromatic N) is 4. The number of aryl methyl sites for hydroxylation is 1. The number of aliphatic hydroxyl groups is 1. The van der Waals surface area contributed by atoms with Gasteiger partial charge in [0.2, 0.25) is 5.95 Å². The smallest absolute Gasteiger partial charge is 0.329 e. The Morgan fingerprint density at radius 3 is 2.60 bits per heavy atom. The van der Waals surface area contributed by atoms with Crippen molar-refractivity contribution in [3.8, 4) is 17.2 Å². The Labute approximate surface area is 198 Å². The number of aromatic hydroxyl groups is 1. The van der Waals surface area contributed by atoms with Crippen molar-refractivity contribution >= 4 is 23.3 Å². The SMILES string of the molecule is COc1ccc(OC[C@@H](O)Cn2c(N/N=C/c3ccccc3O)nc3c2c(=O)[nH]c(=O)n3C)cc1. The molecule has 12 nitrogen and oxygen atoms in total. The molecular formula is C23H24N6O6. The Balaban J connectivity index is 1.60. The van der Waals surface area contributed by atoms with E-state index in [0.29, 0.717) is 17.1 Å². The summed E-state index contributed by atoms with van der Waals surface area (Å²) in [5.41, 5.74) is 2.09. The van der Waals surface area contributed by atoms with Crippen molar-refractivity contribution in [3.05, 3.63) is 74.9 Å². The molecular weight excluding hydrogens is 456 g/mol. The van der Waals surface area contributed by atoms with Crippen LogP contribution in [0.1, 0.15) is 5.56 Å². The number of phenolic OH excluding ortho intramolecular Hbond substituents is 1. The van der Waals surface area contributed by atoms with Crippen LogP contribution in [0.25, 0.3) is 11.2 Å². The lowest BCUT2D eigenvalue weighted by Gasteiger charge is -2.15. The summed E-state index contributed by atoms with van der Waals surface area (Å²) in [4.78, 5) is 31.2. The van der Waals surface area contributed by atoms with Crippen LogP contribution in [0.3, 0.4) is 0 Å². The van der Waals surface area contributed by atoms with E-state index in [0.717, 1.165) is 0 Å². The molecule has 0 fully saturated rings. The van der Waals surface area contributed by atoms with E-state index in [1.807, 2.05) is 0 Å². The number of hydrogen-bond donors (Lipinski definition) is 4. The summed E-state index contributed by atoms with van der Waals surface area (Å²) in [7, 11) is 3.03. The number of imidazole rings is 1. The molecule has 12 heteroatoms. The van der Waals surface area contributed by atoms with E-state index < -0.39 is 17.4 Å². The molecule has 2 aromatic heterocycles. The van der Waals surface area contributed by atoms with E-state index in [4.69, 9.17) is 9.47 Å². The molecule has 4 aromatic rings. The van der Waals surface area contributed by atoms with Crippen molar-refractivity contribution in [1.82, 2.24) is 19.1 Å². The van der Waals surface area contributed by atoms with Crippen molar-refractivity contribution in [2.75, 3.05) is 19.1 Å². The average Bonchev–Trinajstić information content (AvgIpc) is 3.21. The Hall–Kier alpha value is -4.58. The zero-order valence-electron chi connectivity index (χ0n) is 19.0. The van der Waals surface area contributed by atoms with Gasteiger partial charge in [-0.05, 0) is 36.4 Å². The largest absolute Gasteiger partial charge is 0.507 e. The van der Waals surface area contributed by atoms with Crippen LogP contribution in [0, 0.1) is 0 Å². The van der Waals surface area contributed by atoms with Gasteiger partial charge in [0.15, 0.2) is 11.2 Å². The Morgan fingerprint density at radius 1 is 1.17 bits per heavy atom. The van der Waals surface area contributed by atoms with Crippen LogP contribution >= 0.6 is 0 Å². The summed E-state index contributed by atoms with van der Waals surface area (Å²) < 4.78 is 13.3. The third-order valence-corrected chi connectivity index (χ3v) is 5.21. The van der Waals surface area contributed by atoms with Crippen LogP contribution < -0.4 is 26.1 Å². The number of anilines is 1. The first-order valence-corrected chi connectivity index (χ1v) is 10.6. The molecule has 0 unspecified atom stereocenters. The van der Waals surface area contributed by atoms with E-state index >= 15 is 0 Å². The Bertz CT molecular complexity index is 1470. The molecule has 0 bridgehead atoms. The molecule has 4 N–H and O–H groups in total. The van der Waals surface area contributed by atoms with Crippen molar-refractivity contribution in [3.63, 3.8) is 0 Å². The van der Waals surface area contributed by atoms with Crippen LogP contribution in [0.15, 0.2) is 63.2 Å². The molecule has 2 heterocycles. The summed E-state index contributed by atoms with van der Waals surface area (Å²) in [6, 6.07) is 13.5. The lowest BCUT2D eigenvalue weighted by molar-refractivity contribution is 0.0938. The highest BCUT2D eigenvalue weighted by atomic mass is 16.5. The zero-order valence-corrected chi connectivity index (χ0v) is 19.0. The molecule has 4 rings (SSSR count). The molecule has 182 valence electrons. The van der Waals surface area contributed by atoms with Gasteiger partial charge in [-0.25, -0.2) is 10.2 Å². The predicted molar refractivity (Wildman–Crippen MR) is 129 cm³/mol. The first-order chi connectivity index (χ1) is 16.9. The van der Waals surface area contributed by atoms with E-state index in [1.165, 1.54) is 28.5 Å². The van der Waals surface area contributed by atoms with E-state index in [9.17, 15) is 19.8 Å². The van der Waals surface area contributed by atoms with Gasteiger partial charge in [0.25, 0.3) is 5.56 Å². The molecule has 0 aliphatic heterocycles. The topological polar surface area (TPSA) is 156 Å². The number of aromatic amines is 1. The maximum atomic E-state index is 12.6. The van der Waals surface area contributed by atoms with Gasteiger partial charge in [-0.15, -0.1) is 0 Å². The molecule has 0 radical (unpaired) electrons. The van der Waals surface area contributed by atoms with E-state index in [2.05, 4.69) is 20.5 Å². The molecule has 0 aliphatic rings. The molecule has 0 saturated heterocycles. The molecule has 0 aliphatic carbocycles. The van der Waals surface area contributed by atoms with Gasteiger partial charge in [-0.1, -0.05) is 12.1 Å². The van der Waals surface area contributed by atoms with Crippen molar-refractivity contribution < 1.29 is 19.7 Å². The monoisotopic (exact) mass is 480 g/mol. The number of benzene rings is 2. The second kappa shape index (κ2) is 10.1. The average molecular weight is 480 g/mol. The third-order valence-electron chi connectivity index (χ3n) is 5.21. The van der Waals surface area contributed by atoms with Gasteiger partial charge >= 0.3 is 5.69 Å². The summed E-state index contributed by atoms with van der Waals surface area (Å²) in [5.74, 6) is 1.36. The van der Waals surface area contributed by atoms with Gasteiger partial charge in [0.05, 0.1) is 19.9 Å². The fourth-order valence-electron chi connectivity index (χ4n) is 3.38. The number of aromatic nitrogens is 4. The predicted octanol–water partition coefficient (Wildman–Crippen LogP) is 1.02. The molecule has 35 heavy (non-hydrogen) atoms. The van der Waals surface area contributed by atoms with Crippen molar-refractivity contribution in [2.45, 2.75) is 12.6 Å². The number of para-hydroxylation sites is 1. The molecule has 0 amide bonds. The number of aliphatic hydroxyl groups excluding tert-OH is 1. The van der Waals surface area contributed by atoms with Crippen LogP contribution in [-0.2, 0) is 13.6 Å². The van der Waals surface area contributed by atoms with Gasteiger partial charge in [-0.3, -0.25) is 14.3 Å². The summed E-state index contributed by atoms with van der Waals surface area (Å²) in [6.45, 7) is -0.154. The Morgan fingerprint density at radius 2 is 1.89 bits per heavy atom. The van der Waals surface area contributed by atoms with Gasteiger partial charge < -0.3 is 24.3 Å². The van der Waals surface area contributed by atoms with Crippen LogP contribution in [-0.4, -0.2) is 55.4 Å². The number of fused-ring (bicyclic) bond motifs is 1. The summed E-state index contributed by atoms with van der Waals surface area (Å²) >= 11 is 0. The number of ether oxygens (including phenoxy) is 2. The number of H-pyrrole nitrogens is 1. The summed E-state index contributed by atoms with van der Waals surface area (Å²) in [6.07, 6.45) is 0.347. The minimum absolute atomic E-state index is 0.0384. The first kappa shape index (κ1) is 23.6. The lowest BCUT2D eigenvalue weighted by atomic mass is 10.2. The molecule has 0 saturated carbocycles. The van der Waals surface area contributed by atoms with Gasteiger partial charge in [0, 0.05) is 12.6 Å². The number of hydrazone groups is 1. The van der Waals surface area contributed by atoms with Gasteiger partial charge in [-0.2, -0.15) is 10.1 Å².